The van der Waals surface area contributed by atoms with Crippen LogP contribution in [0.3, 0.4) is 0 Å². The molecule has 2 aliphatic rings. The van der Waals surface area contributed by atoms with Gasteiger partial charge in [0, 0.05) is 6.54 Å². The summed E-state index contributed by atoms with van der Waals surface area (Å²) in [5, 5.41) is 57.1. The van der Waals surface area contributed by atoms with Crippen molar-refractivity contribution in [2.24, 2.45) is 5.92 Å². The minimum absolute atomic E-state index is 0.273. The number of likely N-dealkylation sites (N-methyl/N-ethyl adjacent to an activating group) is 1. The molecule has 1 amide bonds. The highest BCUT2D eigenvalue weighted by Gasteiger charge is 2.58. The summed E-state index contributed by atoms with van der Waals surface area (Å²) in [5.41, 5.74) is 0. The molecule has 9 nitrogen and oxygen atoms in total. The Morgan fingerprint density at radius 3 is 2.36 bits per heavy atom. The third-order valence-corrected chi connectivity index (χ3v) is 9.17. The summed E-state index contributed by atoms with van der Waals surface area (Å²) in [6.45, 7) is 6.55. The van der Waals surface area contributed by atoms with E-state index in [1.54, 1.807) is 6.26 Å². The average molecular weight is 535 g/mol. The number of carbonyl (C=O) groups is 1. The van der Waals surface area contributed by atoms with Gasteiger partial charge in [-0.05, 0) is 45.4 Å². The first-order chi connectivity index (χ1) is 17.0. The second kappa shape index (κ2) is 14.6. The molecule has 2 saturated heterocycles. The van der Waals surface area contributed by atoms with Crippen molar-refractivity contribution in [2.45, 2.75) is 132 Å². The van der Waals surface area contributed by atoms with Gasteiger partial charge in [-0.25, -0.2) is 0 Å². The summed E-state index contributed by atoms with van der Waals surface area (Å²) < 4.78 is 6.20. The summed E-state index contributed by atoms with van der Waals surface area (Å²) in [4.78, 5) is 13.6. The molecule has 0 bridgehead atoms. The smallest absolute Gasteiger partial charge is 0.237 e. The van der Waals surface area contributed by atoms with Gasteiger partial charge in [0.15, 0.2) is 4.93 Å². The lowest BCUT2D eigenvalue weighted by Gasteiger charge is -2.52. The quantitative estimate of drug-likeness (QED) is 0.181. The summed E-state index contributed by atoms with van der Waals surface area (Å²) in [7, 11) is 1.90. The molecular weight excluding hydrogens is 484 g/mol. The molecule has 0 saturated carbocycles. The van der Waals surface area contributed by atoms with Crippen LogP contribution in [-0.2, 0) is 9.53 Å². The van der Waals surface area contributed by atoms with Gasteiger partial charge in [-0.3, -0.25) is 9.69 Å². The minimum Gasteiger partial charge on any atom is -0.391 e. The van der Waals surface area contributed by atoms with Crippen LogP contribution >= 0.6 is 11.8 Å². The number of aliphatic hydroxyl groups excluding tert-OH is 5. The predicted octanol–water partition coefficient (Wildman–Crippen LogP) is 1.23. The van der Waals surface area contributed by atoms with Crippen molar-refractivity contribution < 1.29 is 35.1 Å². The number of nitrogens with one attached hydrogen (secondary N) is 1. The first-order valence-corrected chi connectivity index (χ1v) is 14.9. The van der Waals surface area contributed by atoms with Gasteiger partial charge in [-0.15, -0.1) is 11.8 Å². The Kier molecular flexibility index (Phi) is 12.9. The molecule has 6 N–H and O–H groups in total. The summed E-state index contributed by atoms with van der Waals surface area (Å²) in [5.74, 6) is 0.149. The maximum Gasteiger partial charge on any atom is 0.237 e. The first-order valence-electron chi connectivity index (χ1n) is 13.7. The van der Waals surface area contributed by atoms with Crippen LogP contribution in [0.15, 0.2) is 0 Å². The van der Waals surface area contributed by atoms with Gasteiger partial charge in [0.1, 0.15) is 24.4 Å². The maximum absolute atomic E-state index is 13.2. The summed E-state index contributed by atoms with van der Waals surface area (Å²) in [6.07, 6.45) is 1.55. The lowest BCUT2D eigenvalue weighted by atomic mass is 9.86. The fourth-order valence-electron chi connectivity index (χ4n) is 5.75. The molecule has 0 unspecified atom stereocenters. The van der Waals surface area contributed by atoms with Gasteiger partial charge in [0.2, 0.25) is 5.91 Å². The molecule has 212 valence electrons. The standard InChI is InChI=1S/C26H50N2O7S/c1-6-8-9-10-11-13-19(30)26(36-5)24(33)22(32)21(31)23(35-26)20(16(3)29)27-25(34)18-14-17(12-7-2)15-28(18)4/h16-24,29-33H,6-15H2,1-5H3,(H,27,34)/t16-,17-,18+,19+,20-,21-,22+,23-,24-,26-/m1/s1. The Labute approximate surface area is 221 Å². The molecule has 2 heterocycles. The third kappa shape index (κ3) is 7.34. The average Bonchev–Trinajstić information content (AvgIpc) is 3.21. The number of nitrogens with zero attached hydrogens (tertiary/aromatic N) is 1. The van der Waals surface area contributed by atoms with E-state index in [1.165, 1.54) is 6.92 Å². The maximum atomic E-state index is 13.2. The van der Waals surface area contributed by atoms with Crippen LogP contribution in [-0.4, -0.2) is 110 Å². The summed E-state index contributed by atoms with van der Waals surface area (Å²) in [6, 6.07) is -1.41. The molecule has 2 rings (SSSR count). The van der Waals surface area contributed by atoms with E-state index in [0.717, 1.165) is 63.3 Å². The predicted molar refractivity (Wildman–Crippen MR) is 142 cm³/mol. The highest BCUT2D eigenvalue weighted by Crippen LogP contribution is 2.43. The van der Waals surface area contributed by atoms with Crippen molar-refractivity contribution in [1.29, 1.82) is 0 Å². The number of hydrogen-bond donors (Lipinski definition) is 6. The van der Waals surface area contributed by atoms with Crippen molar-refractivity contribution >= 4 is 17.7 Å². The van der Waals surface area contributed by atoms with Crippen molar-refractivity contribution in [3.63, 3.8) is 0 Å². The monoisotopic (exact) mass is 534 g/mol. The Morgan fingerprint density at radius 2 is 1.78 bits per heavy atom. The molecule has 0 aliphatic carbocycles. The highest BCUT2D eigenvalue weighted by atomic mass is 32.2. The summed E-state index contributed by atoms with van der Waals surface area (Å²) >= 11 is 1.07. The van der Waals surface area contributed by atoms with Gasteiger partial charge in [-0.1, -0.05) is 52.4 Å². The van der Waals surface area contributed by atoms with E-state index in [-0.39, 0.29) is 11.9 Å². The van der Waals surface area contributed by atoms with Crippen LogP contribution in [0.2, 0.25) is 0 Å². The van der Waals surface area contributed by atoms with Gasteiger partial charge < -0.3 is 35.6 Å². The van der Waals surface area contributed by atoms with Crippen molar-refractivity contribution in [1.82, 2.24) is 10.2 Å². The van der Waals surface area contributed by atoms with Crippen LogP contribution in [0.1, 0.15) is 78.6 Å². The Morgan fingerprint density at radius 1 is 1.11 bits per heavy atom. The minimum atomic E-state index is -1.62. The first kappa shape index (κ1) is 31.8. The van der Waals surface area contributed by atoms with Gasteiger partial charge in [-0.2, -0.15) is 0 Å². The van der Waals surface area contributed by atoms with Crippen LogP contribution in [0, 0.1) is 5.92 Å². The number of unbranched alkanes of at least 4 members (excludes halogenated alkanes) is 4. The third-order valence-electron chi connectivity index (χ3n) is 7.92. The lowest BCUT2D eigenvalue weighted by molar-refractivity contribution is -0.267. The van der Waals surface area contributed by atoms with Crippen LogP contribution < -0.4 is 5.32 Å². The Balaban J connectivity index is 2.20. The van der Waals surface area contributed by atoms with Gasteiger partial charge in [0.05, 0.1) is 24.3 Å². The number of ether oxygens (including phenoxy) is 1. The number of thioether (sulfide) groups is 1. The number of likely N-dealkylation sites (tertiary alicyclic amines) is 1. The number of carbonyl (C=O) groups excluding carboxylic acids is 1. The molecule has 2 fully saturated rings. The SMILES string of the molecule is CCCCCCC[C@H](O)[C@]1(SC)O[C@H]([C@H](NC(=O)[C@@H]2C[C@@H](CCC)CN2C)[C@@H](C)O)[C@H](O)[C@H](O)[C@H]1O. The van der Waals surface area contributed by atoms with Gasteiger partial charge in [0.25, 0.3) is 0 Å². The van der Waals surface area contributed by atoms with E-state index < -0.39 is 47.6 Å². The van der Waals surface area contributed by atoms with E-state index in [2.05, 4.69) is 19.2 Å². The molecule has 0 aromatic heterocycles. The van der Waals surface area contributed by atoms with Crippen LogP contribution in [0.25, 0.3) is 0 Å². The van der Waals surface area contributed by atoms with Gasteiger partial charge >= 0.3 is 0 Å². The van der Waals surface area contributed by atoms with Crippen molar-refractivity contribution in [2.75, 3.05) is 19.8 Å². The molecule has 10 atom stereocenters. The largest absolute Gasteiger partial charge is 0.391 e. The highest BCUT2D eigenvalue weighted by molar-refractivity contribution is 7.99. The molecular formula is C26H50N2O7S. The zero-order chi connectivity index (χ0) is 27.0. The number of hydrogen-bond acceptors (Lipinski definition) is 9. The number of amides is 1. The topological polar surface area (TPSA) is 143 Å². The van der Waals surface area contributed by atoms with Crippen LogP contribution in [0.5, 0.6) is 0 Å². The zero-order valence-electron chi connectivity index (χ0n) is 22.7. The normalized spacial score (nSPS) is 35.9. The van der Waals surface area contributed by atoms with E-state index in [9.17, 15) is 30.3 Å². The molecule has 10 heteroatoms. The fraction of sp³-hybridized carbons (Fsp3) is 0.962. The zero-order valence-corrected chi connectivity index (χ0v) is 23.5. The number of aliphatic hydroxyl groups is 5. The van der Waals surface area contributed by atoms with Crippen LogP contribution in [0.4, 0.5) is 0 Å². The van der Waals surface area contributed by atoms with E-state index in [1.807, 2.05) is 11.9 Å². The van der Waals surface area contributed by atoms with E-state index in [0.29, 0.717) is 18.8 Å². The molecule has 0 aromatic carbocycles. The van der Waals surface area contributed by atoms with Crippen molar-refractivity contribution in [3.05, 3.63) is 0 Å². The second-order valence-corrected chi connectivity index (χ2v) is 11.8. The molecule has 0 spiro atoms. The molecule has 2 aliphatic heterocycles. The van der Waals surface area contributed by atoms with E-state index in [4.69, 9.17) is 4.74 Å². The number of rotatable bonds is 14. The Bertz CT molecular complexity index is 672. The Hall–Kier alpha value is -0.460. The molecule has 0 aromatic rings. The lowest BCUT2D eigenvalue weighted by Crippen LogP contribution is -2.71. The van der Waals surface area contributed by atoms with Crippen molar-refractivity contribution in [3.8, 4) is 0 Å². The van der Waals surface area contributed by atoms with E-state index >= 15 is 0 Å². The fourth-order valence-corrected chi connectivity index (χ4v) is 6.73. The second-order valence-electron chi connectivity index (χ2n) is 10.8. The molecule has 36 heavy (non-hydrogen) atoms. The molecule has 0 radical (unpaired) electrons.